The molecule has 1 fully saturated rings. The summed E-state index contributed by atoms with van der Waals surface area (Å²) in [5, 5.41) is 40.6. The number of amides is 2. The van der Waals surface area contributed by atoms with Gasteiger partial charge in [0.1, 0.15) is 5.75 Å². The first-order valence-corrected chi connectivity index (χ1v) is 13.8. The third-order valence-electron chi connectivity index (χ3n) is 8.02. The zero-order valence-corrected chi connectivity index (χ0v) is 22.4. The number of aliphatic hydroxyl groups is 2. The van der Waals surface area contributed by atoms with Gasteiger partial charge in [0, 0.05) is 24.4 Å². The molecule has 0 bridgehead atoms. The van der Waals surface area contributed by atoms with Crippen molar-refractivity contribution in [3.05, 3.63) is 46.5 Å². The number of allylic oxidation sites excluding steroid dienone is 2. The number of rotatable bonds is 14. The van der Waals surface area contributed by atoms with Crippen LogP contribution in [-0.4, -0.2) is 62.4 Å². The molecule has 2 amide bonds. The van der Waals surface area contributed by atoms with Gasteiger partial charge in [0.25, 0.3) is 0 Å². The largest absolute Gasteiger partial charge is 0.507 e. The molecule has 4 N–H and O–H groups in total. The minimum Gasteiger partial charge on any atom is -0.507 e. The molecule has 3 rings (SSSR count). The Morgan fingerprint density at radius 1 is 1.11 bits per heavy atom. The normalized spacial score (nSPS) is 22.7. The molecule has 208 valence electrons. The number of para-hydroxylation sites is 1. The number of hydrogen-bond acceptors (Lipinski definition) is 6. The molecule has 1 aliphatic heterocycles. The lowest BCUT2D eigenvalue weighted by molar-refractivity contribution is -0.141. The van der Waals surface area contributed by atoms with E-state index in [9.17, 15) is 29.7 Å². The van der Waals surface area contributed by atoms with Gasteiger partial charge in [0.2, 0.25) is 11.8 Å². The highest BCUT2D eigenvalue weighted by Crippen LogP contribution is 2.47. The fourth-order valence-electron chi connectivity index (χ4n) is 5.96. The van der Waals surface area contributed by atoms with Crippen molar-refractivity contribution >= 4 is 23.9 Å². The smallest absolute Gasteiger partial charge is 0.303 e. The second-order valence-electron chi connectivity index (χ2n) is 10.3. The van der Waals surface area contributed by atoms with Gasteiger partial charge < -0.3 is 20.4 Å². The highest BCUT2D eigenvalue weighted by Gasteiger charge is 2.54. The molecule has 0 radical (unpaired) electrons. The summed E-state index contributed by atoms with van der Waals surface area (Å²) >= 11 is 0. The number of carboxylic acids is 1. The first-order valence-electron chi connectivity index (χ1n) is 13.8. The number of likely N-dealkylation sites (tertiary alicyclic amines) is 1. The Labute approximate surface area is 224 Å². The molecular weight excluding hydrogens is 486 g/mol. The number of carbonyl (C=O) groups excluding carboxylic acids is 2. The first-order chi connectivity index (χ1) is 18.2. The lowest BCUT2D eigenvalue weighted by Gasteiger charge is -2.36. The number of aromatic hydroxyl groups is 1. The van der Waals surface area contributed by atoms with Crippen LogP contribution >= 0.6 is 0 Å². The van der Waals surface area contributed by atoms with E-state index in [1.807, 2.05) is 32.1 Å². The molecule has 1 aliphatic carbocycles. The average Bonchev–Trinajstić information content (AvgIpc) is 3.14. The Kier molecular flexibility index (Phi) is 10.7. The maximum Gasteiger partial charge on any atom is 0.303 e. The van der Waals surface area contributed by atoms with Crippen LogP contribution in [0.3, 0.4) is 0 Å². The summed E-state index contributed by atoms with van der Waals surface area (Å²) < 4.78 is 0. The van der Waals surface area contributed by atoms with E-state index >= 15 is 0 Å². The number of nitrogens with zero attached hydrogens (tertiary/aromatic N) is 1. The van der Waals surface area contributed by atoms with E-state index in [0.29, 0.717) is 50.5 Å². The van der Waals surface area contributed by atoms with Crippen molar-refractivity contribution in [1.29, 1.82) is 0 Å². The van der Waals surface area contributed by atoms with Crippen LogP contribution in [-0.2, 0) is 14.4 Å². The van der Waals surface area contributed by atoms with Crippen LogP contribution in [0.4, 0.5) is 0 Å². The van der Waals surface area contributed by atoms with Crippen LogP contribution in [0.1, 0.15) is 77.2 Å². The molecule has 8 heteroatoms. The van der Waals surface area contributed by atoms with Crippen LogP contribution in [0, 0.1) is 17.8 Å². The summed E-state index contributed by atoms with van der Waals surface area (Å²) in [6.45, 7) is 3.92. The van der Waals surface area contributed by atoms with E-state index in [0.717, 1.165) is 23.1 Å². The van der Waals surface area contributed by atoms with Crippen molar-refractivity contribution < 1.29 is 34.8 Å². The third-order valence-corrected chi connectivity index (χ3v) is 8.02. The number of carboxylic acid groups (broad SMARTS) is 1. The monoisotopic (exact) mass is 527 g/mol. The standard InChI is InChI=1S/C30H41NO7/c1-3-19(16-21-10-7-8-11-24(21)33)13-14-25(34)27-20(4-2)17-22-28(23(27)18-32)30(38)31(29(22)37)15-9-5-6-12-26(35)36/h7-8,10-11,16,22-23,25,28,32-34H,3-6,9,12-15,17-18H2,1-2H3,(H,35,36)/b19-16+/t22-,23+,25-,28-/m1/s1. The summed E-state index contributed by atoms with van der Waals surface area (Å²) in [4.78, 5) is 38.6. The van der Waals surface area contributed by atoms with Crippen molar-refractivity contribution in [3.63, 3.8) is 0 Å². The van der Waals surface area contributed by atoms with E-state index < -0.39 is 29.8 Å². The Morgan fingerprint density at radius 3 is 2.47 bits per heavy atom. The molecule has 0 aromatic heterocycles. The summed E-state index contributed by atoms with van der Waals surface area (Å²) in [6, 6.07) is 7.09. The molecule has 0 spiro atoms. The number of phenolic OH excluding ortho intramolecular Hbond substituents is 1. The van der Waals surface area contributed by atoms with Gasteiger partial charge >= 0.3 is 5.97 Å². The number of benzene rings is 1. The predicted octanol–water partition coefficient (Wildman–Crippen LogP) is 4.29. The Balaban J connectivity index is 1.73. The number of imide groups is 1. The van der Waals surface area contributed by atoms with Crippen molar-refractivity contribution in [1.82, 2.24) is 4.90 Å². The maximum absolute atomic E-state index is 13.4. The number of hydrogen-bond donors (Lipinski definition) is 4. The Hall–Kier alpha value is -2.97. The third kappa shape index (κ3) is 6.72. The zero-order valence-electron chi connectivity index (χ0n) is 22.4. The topological polar surface area (TPSA) is 135 Å². The van der Waals surface area contributed by atoms with Crippen LogP contribution < -0.4 is 0 Å². The highest BCUT2D eigenvalue weighted by molar-refractivity contribution is 6.05. The minimum absolute atomic E-state index is 0.0617. The van der Waals surface area contributed by atoms with Gasteiger partial charge in [-0.05, 0) is 56.6 Å². The van der Waals surface area contributed by atoms with Crippen molar-refractivity contribution in [2.24, 2.45) is 17.8 Å². The van der Waals surface area contributed by atoms with E-state index in [-0.39, 0.29) is 37.1 Å². The molecule has 8 nitrogen and oxygen atoms in total. The zero-order chi connectivity index (χ0) is 27.8. The molecule has 0 unspecified atom stereocenters. The molecule has 1 saturated heterocycles. The molecule has 1 aromatic carbocycles. The SMILES string of the molecule is CCC1=C([C@H](O)CC/C(=C/c2ccccc2O)CC)[C@H](CO)[C@@H]2C(=O)N(CCCCCC(=O)O)C(=O)[C@@H]2C1. The first kappa shape index (κ1) is 29.6. The van der Waals surface area contributed by atoms with Gasteiger partial charge in [-0.25, -0.2) is 0 Å². The number of unbranched alkanes of at least 4 members (excludes halogenated alkanes) is 2. The van der Waals surface area contributed by atoms with E-state index in [2.05, 4.69) is 0 Å². The van der Waals surface area contributed by atoms with Crippen molar-refractivity contribution in [2.75, 3.05) is 13.2 Å². The number of aliphatic carboxylic acids is 1. The van der Waals surface area contributed by atoms with Gasteiger partial charge in [0.15, 0.2) is 0 Å². The molecule has 38 heavy (non-hydrogen) atoms. The molecule has 2 aliphatic rings. The molecule has 0 saturated carbocycles. The fourth-order valence-corrected chi connectivity index (χ4v) is 5.96. The Bertz CT molecular complexity index is 1080. The number of carbonyl (C=O) groups is 3. The van der Waals surface area contributed by atoms with Crippen LogP contribution in [0.2, 0.25) is 0 Å². The van der Waals surface area contributed by atoms with Crippen LogP contribution in [0.25, 0.3) is 6.08 Å². The van der Waals surface area contributed by atoms with Crippen molar-refractivity contribution in [2.45, 2.75) is 77.7 Å². The molecule has 1 aromatic rings. The second-order valence-corrected chi connectivity index (χ2v) is 10.3. The highest BCUT2D eigenvalue weighted by atomic mass is 16.4. The van der Waals surface area contributed by atoms with Gasteiger partial charge in [-0.2, -0.15) is 0 Å². The van der Waals surface area contributed by atoms with Crippen LogP contribution in [0.15, 0.2) is 41.0 Å². The molecule has 4 atom stereocenters. The summed E-state index contributed by atoms with van der Waals surface area (Å²) in [5.41, 5.74) is 3.42. The van der Waals surface area contributed by atoms with Crippen LogP contribution in [0.5, 0.6) is 5.75 Å². The fraction of sp³-hybridized carbons (Fsp3) is 0.567. The lowest BCUT2D eigenvalue weighted by atomic mass is 9.67. The predicted molar refractivity (Wildman–Crippen MR) is 144 cm³/mol. The molecule has 1 heterocycles. The molecular formula is C30H41NO7. The maximum atomic E-state index is 13.4. The summed E-state index contributed by atoms with van der Waals surface area (Å²) in [5.74, 6) is -3.02. The second kappa shape index (κ2) is 13.7. The van der Waals surface area contributed by atoms with E-state index in [1.54, 1.807) is 12.1 Å². The van der Waals surface area contributed by atoms with Crippen molar-refractivity contribution in [3.8, 4) is 5.75 Å². The van der Waals surface area contributed by atoms with E-state index in [1.165, 1.54) is 4.90 Å². The number of aliphatic hydroxyl groups excluding tert-OH is 2. The summed E-state index contributed by atoms with van der Waals surface area (Å²) in [7, 11) is 0. The Morgan fingerprint density at radius 2 is 1.84 bits per heavy atom. The lowest BCUT2D eigenvalue weighted by Crippen LogP contribution is -2.39. The summed E-state index contributed by atoms with van der Waals surface area (Å²) in [6.07, 6.45) is 5.57. The number of fused-ring (bicyclic) bond motifs is 1. The van der Waals surface area contributed by atoms with Gasteiger partial charge in [-0.3, -0.25) is 19.3 Å². The average molecular weight is 528 g/mol. The minimum atomic E-state index is -0.862. The van der Waals surface area contributed by atoms with Gasteiger partial charge in [-0.1, -0.05) is 55.7 Å². The van der Waals surface area contributed by atoms with Gasteiger partial charge in [-0.15, -0.1) is 0 Å². The van der Waals surface area contributed by atoms with Gasteiger partial charge in [0.05, 0.1) is 24.5 Å². The quantitative estimate of drug-likeness (QED) is 0.161. The number of phenols is 1. The van der Waals surface area contributed by atoms with E-state index in [4.69, 9.17) is 5.11 Å².